The number of fused-ring (bicyclic) bond motifs is 1. The SMILES string of the molecule is Cn1nc2n(c1=O)CCNCC2. The first-order valence-corrected chi connectivity index (χ1v) is 4.12. The fraction of sp³-hybridized carbons (Fsp3) is 0.714. The van der Waals surface area contributed by atoms with Crippen LogP contribution >= 0.6 is 0 Å². The summed E-state index contributed by atoms with van der Waals surface area (Å²) in [6.07, 6.45) is 0.843. The van der Waals surface area contributed by atoms with Crippen LogP contribution in [-0.2, 0) is 20.0 Å². The van der Waals surface area contributed by atoms with Gasteiger partial charge in [0.25, 0.3) is 0 Å². The second-order valence-corrected chi connectivity index (χ2v) is 2.97. The fourth-order valence-electron chi connectivity index (χ4n) is 1.48. The van der Waals surface area contributed by atoms with Crippen LogP contribution in [0.2, 0.25) is 0 Å². The molecule has 0 amide bonds. The van der Waals surface area contributed by atoms with Crippen molar-refractivity contribution >= 4 is 0 Å². The molecule has 0 bridgehead atoms. The van der Waals surface area contributed by atoms with Crippen molar-refractivity contribution in [2.45, 2.75) is 13.0 Å². The second kappa shape index (κ2) is 2.75. The van der Waals surface area contributed by atoms with Gasteiger partial charge in [0, 0.05) is 33.1 Å². The van der Waals surface area contributed by atoms with Crippen LogP contribution in [0.4, 0.5) is 0 Å². The second-order valence-electron chi connectivity index (χ2n) is 2.97. The highest BCUT2D eigenvalue weighted by Gasteiger charge is 2.12. The van der Waals surface area contributed by atoms with E-state index in [4.69, 9.17) is 0 Å². The van der Waals surface area contributed by atoms with Crippen LogP contribution in [0.15, 0.2) is 4.79 Å². The Morgan fingerprint density at radius 3 is 3.17 bits per heavy atom. The average molecular weight is 168 g/mol. The van der Waals surface area contributed by atoms with Crippen LogP contribution < -0.4 is 11.0 Å². The summed E-state index contributed by atoms with van der Waals surface area (Å²) < 4.78 is 3.14. The smallest absolute Gasteiger partial charge is 0.315 e. The van der Waals surface area contributed by atoms with E-state index >= 15 is 0 Å². The first kappa shape index (κ1) is 7.54. The van der Waals surface area contributed by atoms with Gasteiger partial charge in [-0.2, -0.15) is 5.10 Å². The van der Waals surface area contributed by atoms with Crippen LogP contribution in [0.25, 0.3) is 0 Å². The molecule has 0 unspecified atom stereocenters. The predicted molar refractivity (Wildman–Crippen MR) is 44.0 cm³/mol. The third-order valence-electron chi connectivity index (χ3n) is 2.12. The maximum absolute atomic E-state index is 11.4. The zero-order valence-electron chi connectivity index (χ0n) is 7.08. The minimum atomic E-state index is -0.00583. The van der Waals surface area contributed by atoms with E-state index in [1.54, 1.807) is 11.6 Å². The maximum atomic E-state index is 11.4. The molecule has 0 aliphatic carbocycles. The van der Waals surface area contributed by atoms with Gasteiger partial charge >= 0.3 is 5.69 Å². The van der Waals surface area contributed by atoms with Gasteiger partial charge in [-0.25, -0.2) is 9.48 Å². The third-order valence-corrected chi connectivity index (χ3v) is 2.12. The highest BCUT2D eigenvalue weighted by Crippen LogP contribution is 1.95. The molecule has 12 heavy (non-hydrogen) atoms. The monoisotopic (exact) mass is 168 g/mol. The number of nitrogens with zero attached hydrogens (tertiary/aromatic N) is 3. The van der Waals surface area contributed by atoms with Crippen molar-refractivity contribution in [3.8, 4) is 0 Å². The molecule has 0 saturated heterocycles. The molecular weight excluding hydrogens is 156 g/mol. The summed E-state index contributed by atoms with van der Waals surface area (Å²) in [5.74, 6) is 0.896. The molecule has 1 aromatic heterocycles. The molecule has 2 heterocycles. The van der Waals surface area contributed by atoms with E-state index in [1.807, 2.05) is 0 Å². The van der Waals surface area contributed by atoms with Crippen LogP contribution in [0.3, 0.4) is 0 Å². The summed E-state index contributed by atoms with van der Waals surface area (Å²) in [6.45, 7) is 2.51. The molecule has 5 nitrogen and oxygen atoms in total. The largest absolute Gasteiger partial charge is 0.345 e. The van der Waals surface area contributed by atoms with Crippen LogP contribution in [0, 0.1) is 0 Å². The van der Waals surface area contributed by atoms with E-state index in [0.29, 0.717) is 0 Å². The Bertz CT molecular complexity index is 338. The summed E-state index contributed by atoms with van der Waals surface area (Å²) >= 11 is 0. The highest BCUT2D eigenvalue weighted by molar-refractivity contribution is 4.90. The Morgan fingerprint density at radius 2 is 2.33 bits per heavy atom. The molecule has 66 valence electrons. The molecule has 0 saturated carbocycles. The van der Waals surface area contributed by atoms with Crippen molar-refractivity contribution < 1.29 is 0 Å². The van der Waals surface area contributed by atoms with E-state index in [1.165, 1.54) is 4.68 Å². The summed E-state index contributed by atoms with van der Waals surface area (Å²) in [5, 5.41) is 7.36. The highest BCUT2D eigenvalue weighted by atomic mass is 16.2. The van der Waals surface area contributed by atoms with E-state index in [2.05, 4.69) is 10.4 Å². The Labute approximate surface area is 70.0 Å². The van der Waals surface area contributed by atoms with Gasteiger partial charge in [0.15, 0.2) is 0 Å². The van der Waals surface area contributed by atoms with Crippen LogP contribution in [0.1, 0.15) is 5.82 Å². The lowest BCUT2D eigenvalue weighted by atomic mass is 10.4. The fourth-order valence-corrected chi connectivity index (χ4v) is 1.48. The van der Waals surface area contributed by atoms with Gasteiger partial charge in [-0.15, -0.1) is 0 Å². The van der Waals surface area contributed by atoms with Crippen molar-refractivity contribution in [2.24, 2.45) is 7.05 Å². The summed E-state index contributed by atoms with van der Waals surface area (Å²) in [4.78, 5) is 11.4. The van der Waals surface area contributed by atoms with E-state index < -0.39 is 0 Å². The van der Waals surface area contributed by atoms with Gasteiger partial charge in [0.2, 0.25) is 0 Å². The topological polar surface area (TPSA) is 51.9 Å². The number of aromatic nitrogens is 3. The van der Waals surface area contributed by atoms with Crippen molar-refractivity contribution in [3.05, 3.63) is 16.3 Å². The Morgan fingerprint density at radius 1 is 1.50 bits per heavy atom. The molecule has 0 aromatic carbocycles. The predicted octanol–water partition coefficient (Wildman–Crippen LogP) is -1.27. The first-order valence-electron chi connectivity index (χ1n) is 4.12. The molecule has 0 fully saturated rings. The Balaban J connectivity index is 2.49. The Hall–Kier alpha value is -1.10. The normalized spacial score (nSPS) is 17.1. The Kier molecular flexibility index (Phi) is 1.73. The third kappa shape index (κ3) is 1.06. The molecular formula is C7H12N4O. The van der Waals surface area contributed by atoms with Gasteiger partial charge in [-0.3, -0.25) is 4.57 Å². The average Bonchev–Trinajstić information content (AvgIpc) is 2.30. The molecule has 1 N–H and O–H groups in total. The van der Waals surface area contributed by atoms with Crippen molar-refractivity contribution in [2.75, 3.05) is 13.1 Å². The lowest BCUT2D eigenvalue weighted by Gasteiger charge is -1.96. The molecule has 1 aliphatic heterocycles. The number of hydrogen-bond acceptors (Lipinski definition) is 3. The molecule has 2 rings (SSSR count). The minimum Gasteiger partial charge on any atom is -0.315 e. The number of hydrogen-bond donors (Lipinski definition) is 1. The number of rotatable bonds is 0. The van der Waals surface area contributed by atoms with E-state index in [-0.39, 0.29) is 5.69 Å². The maximum Gasteiger partial charge on any atom is 0.345 e. The number of nitrogens with one attached hydrogen (secondary N) is 1. The summed E-state index contributed by atoms with van der Waals surface area (Å²) in [6, 6.07) is 0. The van der Waals surface area contributed by atoms with Crippen LogP contribution in [-0.4, -0.2) is 27.4 Å². The van der Waals surface area contributed by atoms with Gasteiger partial charge in [0.05, 0.1) is 0 Å². The lowest BCUT2D eigenvalue weighted by molar-refractivity contribution is 0.610. The standard InChI is InChI=1S/C7H12N4O/c1-10-7(12)11-5-4-8-3-2-6(11)9-10/h8H,2-5H2,1H3. The minimum absolute atomic E-state index is 0.00583. The summed E-state index contributed by atoms with van der Waals surface area (Å²) in [7, 11) is 1.69. The molecule has 1 aliphatic rings. The molecule has 1 aromatic rings. The van der Waals surface area contributed by atoms with Gasteiger partial charge < -0.3 is 5.32 Å². The molecule has 0 spiro atoms. The van der Waals surface area contributed by atoms with Gasteiger partial charge in [-0.1, -0.05) is 0 Å². The zero-order valence-corrected chi connectivity index (χ0v) is 7.08. The quantitative estimate of drug-likeness (QED) is 0.525. The van der Waals surface area contributed by atoms with Crippen molar-refractivity contribution in [3.63, 3.8) is 0 Å². The molecule has 5 heteroatoms. The lowest BCUT2D eigenvalue weighted by Crippen LogP contribution is -2.26. The van der Waals surface area contributed by atoms with Gasteiger partial charge in [0.1, 0.15) is 5.82 Å². The van der Waals surface area contributed by atoms with Gasteiger partial charge in [-0.05, 0) is 0 Å². The van der Waals surface area contributed by atoms with Crippen LogP contribution in [0.5, 0.6) is 0 Å². The molecule has 0 atom stereocenters. The van der Waals surface area contributed by atoms with E-state index in [9.17, 15) is 4.79 Å². The first-order chi connectivity index (χ1) is 5.79. The van der Waals surface area contributed by atoms with Crippen molar-refractivity contribution in [1.29, 1.82) is 0 Å². The van der Waals surface area contributed by atoms with Crippen molar-refractivity contribution in [1.82, 2.24) is 19.7 Å². The number of aryl methyl sites for hydroxylation is 1. The zero-order chi connectivity index (χ0) is 8.55. The summed E-state index contributed by atoms with van der Waals surface area (Å²) in [5.41, 5.74) is -0.00583. The molecule has 0 radical (unpaired) electrons. The van der Waals surface area contributed by atoms with E-state index in [0.717, 1.165) is 31.9 Å².